The highest BCUT2D eigenvalue weighted by atomic mass is 35.5. The van der Waals surface area contributed by atoms with Crippen molar-refractivity contribution in [2.24, 2.45) is 11.3 Å². The van der Waals surface area contributed by atoms with Crippen molar-refractivity contribution in [3.05, 3.63) is 0 Å². The molecule has 1 amide bonds. The summed E-state index contributed by atoms with van der Waals surface area (Å²) in [4.78, 5) is 12.1. The largest absolute Gasteiger partial charge is 0.378 e. The van der Waals surface area contributed by atoms with Crippen LogP contribution in [0, 0.1) is 11.3 Å². The number of hydrogen-bond donors (Lipinski definition) is 1. The highest BCUT2D eigenvalue weighted by molar-refractivity contribution is 6.17. The summed E-state index contributed by atoms with van der Waals surface area (Å²) in [5, 5.41) is 2.96. The van der Waals surface area contributed by atoms with Crippen LogP contribution in [0.3, 0.4) is 0 Å². The van der Waals surface area contributed by atoms with Gasteiger partial charge >= 0.3 is 0 Å². The third kappa shape index (κ3) is 4.84. The molecule has 0 aliphatic heterocycles. The highest BCUT2D eigenvalue weighted by Crippen LogP contribution is 2.40. The lowest BCUT2D eigenvalue weighted by Crippen LogP contribution is -2.42. The van der Waals surface area contributed by atoms with Crippen LogP contribution < -0.4 is 5.32 Å². The Morgan fingerprint density at radius 2 is 2.18 bits per heavy atom. The van der Waals surface area contributed by atoms with Gasteiger partial charge in [0.1, 0.15) is 0 Å². The van der Waals surface area contributed by atoms with Crippen LogP contribution in [0.4, 0.5) is 0 Å². The molecule has 1 N–H and O–H groups in total. The molecule has 0 heterocycles. The van der Waals surface area contributed by atoms with Crippen molar-refractivity contribution in [3.63, 3.8) is 0 Å². The number of halogens is 1. The zero-order valence-electron chi connectivity index (χ0n) is 10.9. The summed E-state index contributed by atoms with van der Waals surface area (Å²) in [5.74, 6) is 0.845. The van der Waals surface area contributed by atoms with Crippen LogP contribution in [0.5, 0.6) is 0 Å². The predicted octanol–water partition coefficient (Wildman–Crippen LogP) is 2.57. The number of amides is 1. The molecule has 17 heavy (non-hydrogen) atoms. The topological polar surface area (TPSA) is 38.3 Å². The van der Waals surface area contributed by atoms with Gasteiger partial charge in [-0.3, -0.25) is 4.79 Å². The molecule has 100 valence electrons. The molecule has 4 heteroatoms. The Balaban J connectivity index is 2.26. The molecule has 1 aliphatic carbocycles. The van der Waals surface area contributed by atoms with Crippen LogP contribution >= 0.6 is 11.6 Å². The third-order valence-corrected chi connectivity index (χ3v) is 3.75. The van der Waals surface area contributed by atoms with Crippen LogP contribution in [-0.2, 0) is 9.53 Å². The first-order valence-electron chi connectivity index (χ1n) is 6.49. The van der Waals surface area contributed by atoms with E-state index in [4.69, 9.17) is 16.3 Å². The van der Waals surface area contributed by atoms with Crippen LogP contribution in [0.2, 0.25) is 0 Å². The number of rotatable bonds is 6. The molecule has 0 spiro atoms. The molecule has 0 aromatic rings. The van der Waals surface area contributed by atoms with Crippen molar-refractivity contribution in [1.29, 1.82) is 0 Å². The Labute approximate surface area is 109 Å². The molecule has 1 unspecified atom stereocenters. The molecule has 0 saturated heterocycles. The van der Waals surface area contributed by atoms with Gasteiger partial charge in [0.15, 0.2) is 0 Å². The van der Waals surface area contributed by atoms with Gasteiger partial charge in [-0.2, -0.15) is 0 Å². The van der Waals surface area contributed by atoms with Gasteiger partial charge in [0, 0.05) is 18.3 Å². The highest BCUT2D eigenvalue weighted by Gasteiger charge is 2.36. The van der Waals surface area contributed by atoms with Gasteiger partial charge in [-0.15, -0.1) is 11.6 Å². The summed E-state index contributed by atoms with van der Waals surface area (Å²) in [6.07, 6.45) is 4.58. The van der Waals surface area contributed by atoms with Gasteiger partial charge < -0.3 is 10.1 Å². The first-order valence-corrected chi connectivity index (χ1v) is 7.03. The van der Waals surface area contributed by atoms with E-state index in [1.807, 2.05) is 0 Å². The van der Waals surface area contributed by atoms with E-state index in [0.717, 1.165) is 12.8 Å². The van der Waals surface area contributed by atoms with Crippen molar-refractivity contribution in [3.8, 4) is 0 Å². The van der Waals surface area contributed by atoms with E-state index in [2.05, 4.69) is 19.2 Å². The quantitative estimate of drug-likeness (QED) is 0.590. The molecule has 0 bridgehead atoms. The fraction of sp³-hybridized carbons (Fsp3) is 0.923. The summed E-state index contributed by atoms with van der Waals surface area (Å²) < 4.78 is 5.23. The summed E-state index contributed by atoms with van der Waals surface area (Å²) in [6, 6.07) is 0. The second-order valence-electron chi connectivity index (χ2n) is 5.38. The first-order chi connectivity index (χ1) is 8.08. The van der Waals surface area contributed by atoms with Gasteiger partial charge in [0.2, 0.25) is 5.91 Å². The molecule has 1 aliphatic rings. The van der Waals surface area contributed by atoms with E-state index >= 15 is 0 Å². The van der Waals surface area contributed by atoms with E-state index in [1.54, 1.807) is 0 Å². The van der Waals surface area contributed by atoms with Crippen molar-refractivity contribution >= 4 is 17.5 Å². The summed E-state index contributed by atoms with van der Waals surface area (Å²) in [7, 11) is 0. The summed E-state index contributed by atoms with van der Waals surface area (Å²) in [5.41, 5.74) is 0.138. The summed E-state index contributed by atoms with van der Waals surface area (Å²) in [6.45, 7) is 6.07. The Morgan fingerprint density at radius 3 is 2.82 bits per heavy atom. The van der Waals surface area contributed by atoms with E-state index in [1.165, 1.54) is 12.8 Å². The molecule has 1 atom stereocenters. The van der Waals surface area contributed by atoms with E-state index in [0.29, 0.717) is 25.6 Å². The van der Waals surface area contributed by atoms with Gasteiger partial charge in [0.05, 0.1) is 13.2 Å². The van der Waals surface area contributed by atoms with Crippen LogP contribution in [0.15, 0.2) is 0 Å². The Bertz CT molecular complexity index is 244. The SMILES string of the molecule is CC1(C)CCCCC1C(=O)NCCOCCCl. The fourth-order valence-corrected chi connectivity index (χ4v) is 2.62. The van der Waals surface area contributed by atoms with E-state index in [-0.39, 0.29) is 17.2 Å². The average molecular weight is 262 g/mol. The third-order valence-electron chi connectivity index (χ3n) is 3.59. The molecule has 0 aromatic carbocycles. The van der Waals surface area contributed by atoms with Gasteiger partial charge in [-0.1, -0.05) is 26.7 Å². The predicted molar refractivity (Wildman–Crippen MR) is 70.3 cm³/mol. The Morgan fingerprint density at radius 1 is 1.41 bits per heavy atom. The Hall–Kier alpha value is -0.280. The lowest BCUT2D eigenvalue weighted by Gasteiger charge is -2.37. The van der Waals surface area contributed by atoms with Gasteiger partial charge in [0.25, 0.3) is 0 Å². The number of carbonyl (C=O) groups excluding carboxylic acids is 1. The fourth-order valence-electron chi connectivity index (χ4n) is 2.51. The van der Waals surface area contributed by atoms with Crippen molar-refractivity contribution in [1.82, 2.24) is 5.32 Å². The minimum Gasteiger partial charge on any atom is -0.378 e. The lowest BCUT2D eigenvalue weighted by atomic mass is 9.68. The zero-order chi connectivity index (χ0) is 12.7. The van der Waals surface area contributed by atoms with E-state index < -0.39 is 0 Å². The van der Waals surface area contributed by atoms with Crippen molar-refractivity contribution < 1.29 is 9.53 Å². The van der Waals surface area contributed by atoms with Gasteiger partial charge in [-0.05, 0) is 18.3 Å². The monoisotopic (exact) mass is 261 g/mol. The molecule has 0 aromatic heterocycles. The summed E-state index contributed by atoms with van der Waals surface area (Å²) >= 11 is 5.49. The van der Waals surface area contributed by atoms with Crippen molar-refractivity contribution in [2.75, 3.05) is 25.6 Å². The Kier molecular flexibility index (Phi) is 6.28. The molecule has 0 radical (unpaired) electrons. The maximum Gasteiger partial charge on any atom is 0.223 e. The normalized spacial score (nSPS) is 23.4. The molecule has 3 nitrogen and oxygen atoms in total. The molecular weight excluding hydrogens is 238 g/mol. The lowest BCUT2D eigenvalue weighted by molar-refractivity contribution is -0.130. The number of hydrogen-bond acceptors (Lipinski definition) is 2. The molecule has 1 rings (SSSR count). The first kappa shape index (κ1) is 14.8. The number of carbonyl (C=O) groups is 1. The standard InChI is InChI=1S/C13H24ClNO2/c1-13(2)6-4-3-5-11(13)12(16)15-8-10-17-9-7-14/h11H,3-10H2,1-2H3,(H,15,16). The van der Waals surface area contributed by atoms with Gasteiger partial charge in [-0.25, -0.2) is 0 Å². The van der Waals surface area contributed by atoms with Crippen LogP contribution in [0.1, 0.15) is 39.5 Å². The minimum absolute atomic E-state index is 0.138. The minimum atomic E-state index is 0.138. The number of ether oxygens (including phenoxy) is 1. The second-order valence-corrected chi connectivity index (χ2v) is 5.76. The maximum absolute atomic E-state index is 12.1. The average Bonchev–Trinajstić information content (AvgIpc) is 2.28. The van der Waals surface area contributed by atoms with E-state index in [9.17, 15) is 4.79 Å². The molecular formula is C13H24ClNO2. The van der Waals surface area contributed by atoms with Crippen LogP contribution in [-0.4, -0.2) is 31.5 Å². The maximum atomic E-state index is 12.1. The smallest absolute Gasteiger partial charge is 0.223 e. The number of alkyl halides is 1. The van der Waals surface area contributed by atoms with Crippen molar-refractivity contribution in [2.45, 2.75) is 39.5 Å². The zero-order valence-corrected chi connectivity index (χ0v) is 11.7. The van der Waals surface area contributed by atoms with Crippen LogP contribution in [0.25, 0.3) is 0 Å². The second kappa shape index (κ2) is 7.22. The molecule has 1 saturated carbocycles. The molecule has 1 fully saturated rings. The number of nitrogens with one attached hydrogen (secondary N) is 1.